The highest BCUT2D eigenvalue weighted by Gasteiger charge is 1.94. The number of aromatic amines is 1. The minimum Gasteiger partial charge on any atom is -0.348 e. The van der Waals surface area contributed by atoms with E-state index in [0.717, 1.165) is 19.5 Å². The number of H-pyrrole nitrogens is 1. The van der Waals surface area contributed by atoms with Gasteiger partial charge in [-0.2, -0.15) is 11.3 Å². The zero-order valence-electron chi connectivity index (χ0n) is 8.68. The predicted molar refractivity (Wildman–Crippen MR) is 72.8 cm³/mol. The van der Waals surface area contributed by atoms with E-state index in [-0.39, 0.29) is 24.8 Å². The second-order valence-electron chi connectivity index (χ2n) is 3.14. The van der Waals surface area contributed by atoms with Crippen molar-refractivity contribution in [2.45, 2.75) is 13.0 Å². The average molecular weight is 280 g/mol. The van der Waals surface area contributed by atoms with E-state index in [4.69, 9.17) is 0 Å². The molecule has 2 rings (SSSR count). The van der Waals surface area contributed by atoms with E-state index in [9.17, 15) is 0 Å². The number of nitrogens with zero attached hydrogens (tertiary/aromatic N) is 1. The second kappa shape index (κ2) is 8.58. The molecule has 0 spiro atoms. The first-order valence-corrected chi connectivity index (χ1v) is 5.58. The molecule has 0 unspecified atom stereocenters. The lowest BCUT2D eigenvalue weighted by atomic mass is 10.3. The van der Waals surface area contributed by atoms with Crippen molar-refractivity contribution in [3.63, 3.8) is 0 Å². The Labute approximate surface area is 112 Å². The molecule has 6 heteroatoms. The smallest absolute Gasteiger partial charge is 0.0921 e. The Hall–Kier alpha value is -0.550. The normalized spacial score (nSPS) is 9.25. The Kier molecular flexibility index (Phi) is 8.29. The fourth-order valence-corrected chi connectivity index (χ4v) is 1.94. The van der Waals surface area contributed by atoms with Crippen LogP contribution in [0.25, 0.3) is 0 Å². The van der Waals surface area contributed by atoms with Crippen LogP contribution in [0.15, 0.2) is 29.4 Å². The van der Waals surface area contributed by atoms with Gasteiger partial charge in [0, 0.05) is 31.4 Å². The first-order valence-electron chi connectivity index (χ1n) is 4.64. The van der Waals surface area contributed by atoms with Crippen LogP contribution in [0.4, 0.5) is 0 Å². The maximum Gasteiger partial charge on any atom is 0.0921 e. The van der Waals surface area contributed by atoms with Gasteiger partial charge in [-0.3, -0.25) is 0 Å². The topological polar surface area (TPSA) is 40.7 Å². The van der Waals surface area contributed by atoms with Crippen molar-refractivity contribution in [1.29, 1.82) is 0 Å². The first-order chi connectivity index (χ1) is 6.95. The van der Waals surface area contributed by atoms with Gasteiger partial charge < -0.3 is 10.3 Å². The van der Waals surface area contributed by atoms with Crippen LogP contribution in [0.1, 0.15) is 11.3 Å². The summed E-state index contributed by atoms with van der Waals surface area (Å²) in [6, 6.07) is 2.15. The number of nitrogens with one attached hydrogen (secondary N) is 2. The van der Waals surface area contributed by atoms with E-state index in [1.807, 2.05) is 6.20 Å². The predicted octanol–water partition coefficient (Wildman–Crippen LogP) is 2.65. The molecule has 2 N–H and O–H groups in total. The van der Waals surface area contributed by atoms with Crippen LogP contribution < -0.4 is 5.32 Å². The molecule has 3 nitrogen and oxygen atoms in total. The second-order valence-corrected chi connectivity index (χ2v) is 3.92. The molecular weight excluding hydrogens is 265 g/mol. The van der Waals surface area contributed by atoms with E-state index in [2.05, 4.69) is 32.1 Å². The molecule has 90 valence electrons. The third-order valence-corrected chi connectivity index (χ3v) is 2.77. The molecule has 0 amide bonds. The van der Waals surface area contributed by atoms with E-state index in [0.29, 0.717) is 0 Å². The number of aromatic nitrogens is 2. The lowest BCUT2D eigenvalue weighted by Crippen LogP contribution is -2.16. The number of imidazole rings is 1. The van der Waals surface area contributed by atoms with Crippen LogP contribution in [0.5, 0.6) is 0 Å². The molecule has 0 aromatic carbocycles. The van der Waals surface area contributed by atoms with Gasteiger partial charge >= 0.3 is 0 Å². The van der Waals surface area contributed by atoms with Gasteiger partial charge in [0.1, 0.15) is 0 Å². The molecule has 0 aliphatic rings. The van der Waals surface area contributed by atoms with E-state index in [1.54, 1.807) is 17.7 Å². The number of rotatable bonds is 5. The summed E-state index contributed by atoms with van der Waals surface area (Å²) in [5.41, 5.74) is 2.54. The van der Waals surface area contributed by atoms with Gasteiger partial charge in [-0.1, -0.05) is 0 Å². The van der Waals surface area contributed by atoms with Crippen LogP contribution in [0.2, 0.25) is 0 Å². The molecular formula is C10H15Cl2N3S. The minimum atomic E-state index is 0. The van der Waals surface area contributed by atoms with Crippen LogP contribution in [-0.2, 0) is 13.0 Å². The van der Waals surface area contributed by atoms with Crippen molar-refractivity contribution in [3.8, 4) is 0 Å². The van der Waals surface area contributed by atoms with Gasteiger partial charge in [-0.05, 0) is 22.4 Å². The summed E-state index contributed by atoms with van der Waals surface area (Å²) in [6.07, 6.45) is 4.59. The van der Waals surface area contributed by atoms with Gasteiger partial charge in [0.15, 0.2) is 0 Å². The van der Waals surface area contributed by atoms with Crippen LogP contribution >= 0.6 is 36.2 Å². The highest BCUT2D eigenvalue weighted by atomic mass is 35.5. The third kappa shape index (κ3) is 4.99. The molecule has 0 aliphatic heterocycles. The van der Waals surface area contributed by atoms with Crippen molar-refractivity contribution in [3.05, 3.63) is 40.6 Å². The Morgan fingerprint density at radius 2 is 2.25 bits per heavy atom. The fourth-order valence-electron chi connectivity index (χ4n) is 1.27. The molecule has 0 saturated carbocycles. The molecule has 0 atom stereocenters. The highest BCUT2D eigenvalue weighted by Crippen LogP contribution is 2.04. The molecule has 2 heterocycles. The number of hydrogen-bond donors (Lipinski definition) is 2. The largest absolute Gasteiger partial charge is 0.348 e. The van der Waals surface area contributed by atoms with Crippen molar-refractivity contribution < 1.29 is 0 Å². The number of hydrogen-bond acceptors (Lipinski definition) is 3. The number of thiophene rings is 1. The Morgan fingerprint density at radius 1 is 1.38 bits per heavy atom. The van der Waals surface area contributed by atoms with Gasteiger partial charge in [-0.25, -0.2) is 4.98 Å². The van der Waals surface area contributed by atoms with Crippen molar-refractivity contribution in [1.82, 2.24) is 15.3 Å². The number of halogens is 2. The molecule has 2 aromatic heterocycles. The van der Waals surface area contributed by atoms with Crippen LogP contribution in [0, 0.1) is 0 Å². The molecule has 0 fully saturated rings. The van der Waals surface area contributed by atoms with Gasteiger partial charge in [0.2, 0.25) is 0 Å². The van der Waals surface area contributed by atoms with Crippen molar-refractivity contribution in [2.24, 2.45) is 0 Å². The summed E-state index contributed by atoms with van der Waals surface area (Å²) in [5.74, 6) is 0. The molecule has 0 aliphatic carbocycles. The molecule has 16 heavy (non-hydrogen) atoms. The Bertz CT molecular complexity index is 312. The van der Waals surface area contributed by atoms with Crippen molar-refractivity contribution >= 4 is 36.2 Å². The molecule has 0 saturated heterocycles. The summed E-state index contributed by atoms with van der Waals surface area (Å²) in [7, 11) is 0. The van der Waals surface area contributed by atoms with Gasteiger partial charge in [0.05, 0.1) is 6.33 Å². The average Bonchev–Trinajstić information content (AvgIpc) is 2.86. The maximum absolute atomic E-state index is 3.97. The molecule has 2 aromatic rings. The fraction of sp³-hybridized carbons (Fsp3) is 0.300. The molecule has 0 bridgehead atoms. The summed E-state index contributed by atoms with van der Waals surface area (Å²) in [5, 5.41) is 7.66. The van der Waals surface area contributed by atoms with Crippen molar-refractivity contribution in [2.75, 3.05) is 6.54 Å². The highest BCUT2D eigenvalue weighted by molar-refractivity contribution is 7.07. The third-order valence-electron chi connectivity index (χ3n) is 2.04. The van der Waals surface area contributed by atoms with E-state index in [1.165, 1.54) is 11.3 Å². The van der Waals surface area contributed by atoms with Gasteiger partial charge in [0.25, 0.3) is 0 Å². The Balaban J connectivity index is 0.00000112. The standard InChI is InChI=1S/C10H13N3S.2ClH/c1(10-6-12-8-13-10)3-11-5-9-2-4-14-7-9;;/h2,4,6-8,11H,1,3,5H2,(H,12,13);2*1H. The summed E-state index contributed by atoms with van der Waals surface area (Å²) in [4.78, 5) is 7.05. The SMILES string of the molecule is Cl.Cl.c1ncc(CCNCc2ccsc2)[nH]1. The molecule has 0 radical (unpaired) electrons. The summed E-state index contributed by atoms with van der Waals surface area (Å²) < 4.78 is 0. The maximum atomic E-state index is 3.97. The first kappa shape index (κ1) is 15.4. The Morgan fingerprint density at radius 3 is 2.88 bits per heavy atom. The van der Waals surface area contributed by atoms with E-state index >= 15 is 0 Å². The summed E-state index contributed by atoms with van der Waals surface area (Å²) >= 11 is 1.74. The minimum absolute atomic E-state index is 0. The zero-order valence-corrected chi connectivity index (χ0v) is 11.1. The lowest BCUT2D eigenvalue weighted by molar-refractivity contribution is 0.682. The van der Waals surface area contributed by atoms with Crippen LogP contribution in [-0.4, -0.2) is 16.5 Å². The zero-order chi connectivity index (χ0) is 9.64. The quantitative estimate of drug-likeness (QED) is 0.827. The monoisotopic (exact) mass is 279 g/mol. The van der Waals surface area contributed by atoms with E-state index < -0.39 is 0 Å². The summed E-state index contributed by atoms with van der Waals surface area (Å²) in [6.45, 7) is 1.94. The van der Waals surface area contributed by atoms with Crippen LogP contribution in [0.3, 0.4) is 0 Å². The van der Waals surface area contributed by atoms with Gasteiger partial charge in [-0.15, -0.1) is 24.8 Å². The lowest BCUT2D eigenvalue weighted by Gasteiger charge is -2.01.